The molecule has 1 N–H and O–H groups in total. The van der Waals surface area contributed by atoms with Gasteiger partial charge in [-0.1, -0.05) is 61.3 Å². The SMILES string of the molecule is CCCCN(Cc1ccccc1)C[C@@H](O)CN1CN(c2ccc(F)cc2)C2(CCN(Cc3c(Cl)cccc3C(F)(F)F)CC2)C1=O. The number of alkyl halides is 3. The average Bonchev–Trinajstić information content (AvgIpc) is 3.28. The van der Waals surface area contributed by atoms with E-state index in [0.717, 1.165) is 31.0 Å². The van der Waals surface area contributed by atoms with E-state index in [1.807, 2.05) is 28.0 Å². The molecule has 0 radical (unpaired) electrons. The Labute approximate surface area is 273 Å². The average molecular weight is 661 g/mol. The number of anilines is 1. The summed E-state index contributed by atoms with van der Waals surface area (Å²) in [6.07, 6.45) is -2.61. The van der Waals surface area contributed by atoms with E-state index in [-0.39, 0.29) is 36.3 Å². The molecule has 2 aliphatic rings. The van der Waals surface area contributed by atoms with Crippen molar-refractivity contribution < 1.29 is 27.5 Å². The van der Waals surface area contributed by atoms with Gasteiger partial charge in [0.15, 0.2) is 0 Å². The highest BCUT2D eigenvalue weighted by molar-refractivity contribution is 6.31. The summed E-state index contributed by atoms with van der Waals surface area (Å²) in [6.45, 7) is 5.12. The number of aliphatic hydroxyl groups excluding tert-OH is 1. The van der Waals surface area contributed by atoms with E-state index in [2.05, 4.69) is 24.0 Å². The number of piperidine rings is 1. The van der Waals surface area contributed by atoms with Gasteiger partial charge in [0.2, 0.25) is 5.91 Å². The minimum Gasteiger partial charge on any atom is -0.390 e. The van der Waals surface area contributed by atoms with Gasteiger partial charge in [0.1, 0.15) is 11.4 Å². The third-order valence-electron chi connectivity index (χ3n) is 9.12. The Hall–Kier alpha value is -3.18. The maximum atomic E-state index is 14.2. The van der Waals surface area contributed by atoms with Crippen molar-refractivity contribution in [1.82, 2.24) is 14.7 Å². The zero-order chi connectivity index (χ0) is 32.9. The monoisotopic (exact) mass is 660 g/mol. The number of aliphatic hydroxyl groups is 1. The third kappa shape index (κ3) is 7.85. The minimum absolute atomic E-state index is 0.00672. The van der Waals surface area contributed by atoms with Gasteiger partial charge in [0, 0.05) is 50.0 Å². The molecule has 2 aliphatic heterocycles. The van der Waals surface area contributed by atoms with Crippen molar-refractivity contribution in [1.29, 1.82) is 0 Å². The lowest BCUT2D eigenvalue weighted by atomic mass is 9.85. The summed E-state index contributed by atoms with van der Waals surface area (Å²) in [4.78, 5) is 22.0. The van der Waals surface area contributed by atoms with Crippen LogP contribution in [-0.4, -0.2) is 76.7 Å². The lowest BCUT2D eigenvalue weighted by Gasteiger charge is -2.43. The summed E-state index contributed by atoms with van der Waals surface area (Å²) in [5.41, 5.74) is 0.127. The molecule has 2 fully saturated rings. The Balaban J connectivity index is 1.32. The van der Waals surface area contributed by atoms with Crippen LogP contribution in [0.25, 0.3) is 0 Å². The number of hydrogen-bond acceptors (Lipinski definition) is 5. The molecule has 1 spiro atoms. The highest BCUT2D eigenvalue weighted by atomic mass is 35.5. The standard InChI is InChI=1S/C35H41ClF4N4O2/c1-2-3-18-42(21-26-8-5-4-6-9-26)22-29(45)23-43-25-44(28-14-12-27(37)13-15-28)34(33(43)46)16-19-41(20-17-34)24-30-31(35(38,39)40)10-7-11-32(30)36/h4-15,29,45H,2-3,16-25H2,1H3/t29-/m1/s1. The second-order valence-electron chi connectivity index (χ2n) is 12.4. The van der Waals surface area contributed by atoms with Crippen molar-refractivity contribution in [2.24, 2.45) is 0 Å². The van der Waals surface area contributed by atoms with E-state index in [0.29, 0.717) is 44.7 Å². The van der Waals surface area contributed by atoms with Crippen molar-refractivity contribution in [3.63, 3.8) is 0 Å². The van der Waals surface area contributed by atoms with E-state index in [1.165, 1.54) is 24.3 Å². The first-order chi connectivity index (χ1) is 22.0. The second-order valence-corrected chi connectivity index (χ2v) is 12.8. The summed E-state index contributed by atoms with van der Waals surface area (Å²) in [7, 11) is 0. The van der Waals surface area contributed by atoms with Gasteiger partial charge in [-0.3, -0.25) is 14.6 Å². The molecule has 3 aromatic rings. The predicted molar refractivity (Wildman–Crippen MR) is 172 cm³/mol. The highest BCUT2D eigenvalue weighted by Crippen LogP contribution is 2.41. The zero-order valence-electron chi connectivity index (χ0n) is 26.0. The molecule has 1 atom stereocenters. The lowest BCUT2D eigenvalue weighted by molar-refractivity contribution is -0.138. The topological polar surface area (TPSA) is 50.3 Å². The van der Waals surface area contributed by atoms with E-state index >= 15 is 0 Å². The van der Waals surface area contributed by atoms with Crippen molar-refractivity contribution in [2.45, 2.75) is 63.5 Å². The van der Waals surface area contributed by atoms with E-state index in [1.54, 1.807) is 17.0 Å². The van der Waals surface area contributed by atoms with Gasteiger partial charge in [-0.2, -0.15) is 13.2 Å². The van der Waals surface area contributed by atoms with Crippen molar-refractivity contribution in [3.8, 4) is 0 Å². The van der Waals surface area contributed by atoms with Crippen LogP contribution >= 0.6 is 11.6 Å². The van der Waals surface area contributed by atoms with Crippen LogP contribution in [0.5, 0.6) is 0 Å². The van der Waals surface area contributed by atoms with Crippen LogP contribution in [0, 0.1) is 5.82 Å². The molecule has 0 aliphatic carbocycles. The lowest BCUT2D eigenvalue weighted by Crippen LogP contribution is -2.56. The Morgan fingerprint density at radius 3 is 2.35 bits per heavy atom. The summed E-state index contributed by atoms with van der Waals surface area (Å²) in [5, 5.41) is 11.3. The highest BCUT2D eigenvalue weighted by Gasteiger charge is 2.54. The molecular weight excluding hydrogens is 620 g/mol. The van der Waals surface area contributed by atoms with Gasteiger partial charge in [-0.25, -0.2) is 4.39 Å². The van der Waals surface area contributed by atoms with E-state index in [4.69, 9.17) is 11.6 Å². The van der Waals surface area contributed by atoms with Crippen LogP contribution in [-0.2, 0) is 24.1 Å². The first-order valence-electron chi connectivity index (χ1n) is 15.8. The molecule has 0 bridgehead atoms. The number of nitrogens with zero attached hydrogens (tertiary/aromatic N) is 4. The normalized spacial score (nSPS) is 17.8. The first-order valence-corrected chi connectivity index (χ1v) is 16.2. The number of likely N-dealkylation sites (tertiary alicyclic amines) is 1. The quantitative estimate of drug-likeness (QED) is 0.217. The number of rotatable bonds is 12. The first kappa shape index (κ1) is 34.2. The molecule has 6 nitrogen and oxygen atoms in total. The molecule has 0 aromatic heterocycles. The van der Waals surface area contributed by atoms with Gasteiger partial charge in [0.05, 0.1) is 18.3 Å². The van der Waals surface area contributed by atoms with Gasteiger partial charge in [-0.05, 0) is 73.3 Å². The van der Waals surface area contributed by atoms with Crippen molar-refractivity contribution >= 4 is 23.2 Å². The maximum Gasteiger partial charge on any atom is 0.416 e. The predicted octanol–water partition coefficient (Wildman–Crippen LogP) is 6.80. The summed E-state index contributed by atoms with van der Waals surface area (Å²) in [5.74, 6) is -0.524. The van der Waals surface area contributed by atoms with Gasteiger partial charge in [-0.15, -0.1) is 0 Å². The van der Waals surface area contributed by atoms with Gasteiger partial charge < -0.3 is 14.9 Å². The number of β-amino-alcohol motifs (C(OH)–C–C–N with tert-alkyl or cyclic N) is 1. The minimum atomic E-state index is -4.54. The van der Waals surface area contributed by atoms with Crippen molar-refractivity contribution in [2.75, 3.05) is 44.3 Å². The fourth-order valence-corrected chi connectivity index (χ4v) is 6.95. The summed E-state index contributed by atoms with van der Waals surface area (Å²) < 4.78 is 55.1. The summed E-state index contributed by atoms with van der Waals surface area (Å²) >= 11 is 6.24. The van der Waals surface area contributed by atoms with Gasteiger partial charge >= 0.3 is 6.18 Å². The number of carbonyl (C=O) groups excluding carboxylic acids is 1. The van der Waals surface area contributed by atoms with E-state index in [9.17, 15) is 27.5 Å². The maximum absolute atomic E-state index is 14.2. The third-order valence-corrected chi connectivity index (χ3v) is 9.47. The Bertz CT molecular complexity index is 1450. The fraction of sp³-hybridized carbons (Fsp3) is 0.457. The Morgan fingerprint density at radius 1 is 1.00 bits per heavy atom. The molecule has 11 heteroatoms. The molecule has 46 heavy (non-hydrogen) atoms. The summed E-state index contributed by atoms with van der Waals surface area (Å²) in [6, 6.07) is 19.8. The van der Waals surface area contributed by atoms with Crippen LogP contribution in [0.15, 0.2) is 72.8 Å². The van der Waals surface area contributed by atoms with E-state index < -0.39 is 29.2 Å². The second kappa shape index (κ2) is 14.7. The smallest absolute Gasteiger partial charge is 0.390 e. The number of unbranched alkanes of at least 4 members (excludes halogenated alkanes) is 1. The molecule has 1 amide bonds. The molecule has 0 saturated carbocycles. The molecule has 3 aromatic carbocycles. The molecular formula is C35H41ClF4N4O2. The number of carbonyl (C=O) groups is 1. The Morgan fingerprint density at radius 2 is 1.70 bits per heavy atom. The molecule has 248 valence electrons. The fourth-order valence-electron chi connectivity index (χ4n) is 6.71. The van der Waals surface area contributed by atoms with Gasteiger partial charge in [0.25, 0.3) is 0 Å². The number of benzene rings is 3. The van der Waals surface area contributed by atoms with Crippen LogP contribution in [0.4, 0.5) is 23.2 Å². The molecule has 2 heterocycles. The van der Waals surface area contributed by atoms with Crippen LogP contribution in [0.1, 0.15) is 49.3 Å². The largest absolute Gasteiger partial charge is 0.416 e. The van der Waals surface area contributed by atoms with Crippen LogP contribution in [0.3, 0.4) is 0 Å². The van der Waals surface area contributed by atoms with Crippen LogP contribution < -0.4 is 4.90 Å². The molecule has 2 saturated heterocycles. The molecule has 5 rings (SSSR count). The number of halogens is 5. The zero-order valence-corrected chi connectivity index (χ0v) is 26.8. The number of hydrogen-bond donors (Lipinski definition) is 1. The Kier molecular flexibility index (Phi) is 10.9. The van der Waals surface area contributed by atoms with Crippen LogP contribution in [0.2, 0.25) is 5.02 Å². The molecule has 0 unspecified atom stereocenters. The number of amides is 1. The van der Waals surface area contributed by atoms with Crippen molar-refractivity contribution in [3.05, 3.63) is 100 Å².